The summed E-state index contributed by atoms with van der Waals surface area (Å²) in [5.74, 6) is 0. The Hall–Kier alpha value is -0.0500. The highest BCUT2D eigenvalue weighted by Crippen LogP contribution is 2.43. The average molecular weight is 314 g/mol. The highest BCUT2D eigenvalue weighted by Gasteiger charge is 2.31. The third kappa shape index (κ3) is 5.05. The molecule has 0 saturated heterocycles. The van der Waals surface area contributed by atoms with Crippen LogP contribution in [0.2, 0.25) is 4.34 Å². The minimum atomic E-state index is 0.593. The maximum absolute atomic E-state index is 6.04. The molecule has 1 aromatic rings. The van der Waals surface area contributed by atoms with Gasteiger partial charge in [0.05, 0.1) is 4.34 Å². The summed E-state index contributed by atoms with van der Waals surface area (Å²) in [6, 6.07) is 4.25. The van der Waals surface area contributed by atoms with Crippen LogP contribution in [0.5, 0.6) is 0 Å². The van der Waals surface area contributed by atoms with Crippen molar-refractivity contribution >= 4 is 22.9 Å². The molecule has 0 bridgehead atoms. The van der Waals surface area contributed by atoms with Crippen LogP contribution in [0.3, 0.4) is 0 Å². The van der Waals surface area contributed by atoms with E-state index in [1.807, 2.05) is 6.07 Å². The number of nitrogens with one attached hydrogen (secondary N) is 1. The van der Waals surface area contributed by atoms with Crippen molar-refractivity contribution in [3.05, 3.63) is 21.3 Å². The molecule has 1 nitrogen and oxygen atoms in total. The molecule has 1 heterocycles. The molecule has 0 aliphatic heterocycles. The van der Waals surface area contributed by atoms with Gasteiger partial charge in [0.25, 0.3) is 0 Å². The molecule has 1 fully saturated rings. The van der Waals surface area contributed by atoms with E-state index in [9.17, 15) is 0 Å². The lowest BCUT2D eigenvalue weighted by Crippen LogP contribution is -2.30. The molecule has 0 spiro atoms. The van der Waals surface area contributed by atoms with Gasteiger partial charge in [-0.15, -0.1) is 11.3 Å². The van der Waals surface area contributed by atoms with Crippen LogP contribution in [-0.4, -0.2) is 13.1 Å². The average Bonchev–Trinajstić information content (AvgIpc) is 2.89. The van der Waals surface area contributed by atoms with Crippen molar-refractivity contribution in [1.29, 1.82) is 0 Å². The molecule has 114 valence electrons. The fourth-order valence-corrected chi connectivity index (χ4v) is 4.54. The molecule has 2 rings (SSSR count). The van der Waals surface area contributed by atoms with Crippen molar-refractivity contribution in [1.82, 2.24) is 5.32 Å². The van der Waals surface area contributed by atoms with E-state index < -0.39 is 0 Å². The number of aryl methyl sites for hydroxylation is 1. The summed E-state index contributed by atoms with van der Waals surface area (Å²) in [4.78, 5) is 1.46. The maximum Gasteiger partial charge on any atom is 0.0931 e. The van der Waals surface area contributed by atoms with Gasteiger partial charge in [-0.05, 0) is 69.2 Å². The highest BCUT2D eigenvalue weighted by molar-refractivity contribution is 7.16. The summed E-state index contributed by atoms with van der Waals surface area (Å²) in [7, 11) is 0. The van der Waals surface area contributed by atoms with Gasteiger partial charge in [0, 0.05) is 4.88 Å². The van der Waals surface area contributed by atoms with E-state index in [4.69, 9.17) is 11.6 Å². The summed E-state index contributed by atoms with van der Waals surface area (Å²) in [6.45, 7) is 4.60. The molecule has 0 radical (unpaired) electrons. The predicted octanol–water partition coefficient (Wildman–Crippen LogP) is 5.67. The van der Waals surface area contributed by atoms with Crippen molar-refractivity contribution in [2.75, 3.05) is 13.1 Å². The Balaban J connectivity index is 1.85. The van der Waals surface area contributed by atoms with E-state index in [1.165, 1.54) is 69.2 Å². The van der Waals surface area contributed by atoms with Crippen LogP contribution in [0.25, 0.3) is 0 Å². The Morgan fingerprint density at radius 2 is 1.95 bits per heavy atom. The van der Waals surface area contributed by atoms with E-state index >= 15 is 0 Å². The number of hydrogen-bond donors (Lipinski definition) is 1. The second kappa shape index (κ2) is 8.41. The summed E-state index contributed by atoms with van der Waals surface area (Å²) in [6.07, 6.45) is 12.3. The quantitative estimate of drug-likeness (QED) is 0.609. The number of hydrogen-bond acceptors (Lipinski definition) is 2. The molecule has 0 unspecified atom stereocenters. The smallest absolute Gasteiger partial charge is 0.0931 e. The van der Waals surface area contributed by atoms with Gasteiger partial charge >= 0.3 is 0 Å². The van der Waals surface area contributed by atoms with E-state index in [2.05, 4.69) is 18.3 Å². The van der Waals surface area contributed by atoms with Gasteiger partial charge in [0.2, 0.25) is 0 Å². The zero-order valence-electron chi connectivity index (χ0n) is 12.7. The third-order valence-electron chi connectivity index (χ3n) is 4.70. The molecule has 20 heavy (non-hydrogen) atoms. The topological polar surface area (TPSA) is 12.0 Å². The molecule has 1 aromatic heterocycles. The molecular formula is C17H28ClNS. The standard InChI is InChI=1S/C17H28ClNS/c1-2-13-19-14-12-17(9-4-3-5-10-17)11-8-15-6-7-16(18)20-15/h6-7,19H,2-5,8-14H2,1H3. The number of thiophene rings is 1. The van der Waals surface area contributed by atoms with Gasteiger partial charge in [0.15, 0.2) is 0 Å². The molecule has 1 N–H and O–H groups in total. The summed E-state index contributed by atoms with van der Waals surface area (Å²) in [5, 5.41) is 3.59. The third-order valence-corrected chi connectivity index (χ3v) is 5.99. The minimum Gasteiger partial charge on any atom is -0.317 e. The Morgan fingerprint density at radius 3 is 2.60 bits per heavy atom. The van der Waals surface area contributed by atoms with Crippen LogP contribution >= 0.6 is 22.9 Å². The maximum atomic E-state index is 6.04. The SMILES string of the molecule is CCCNCCC1(CCc2ccc(Cl)s2)CCCCC1. The highest BCUT2D eigenvalue weighted by atomic mass is 35.5. The monoisotopic (exact) mass is 313 g/mol. The van der Waals surface area contributed by atoms with E-state index in [1.54, 1.807) is 11.3 Å². The van der Waals surface area contributed by atoms with Crippen LogP contribution in [0, 0.1) is 5.41 Å². The second-order valence-corrected chi connectivity index (χ2v) is 8.07. The Bertz CT molecular complexity index is 382. The van der Waals surface area contributed by atoms with Crippen LogP contribution in [0.15, 0.2) is 12.1 Å². The van der Waals surface area contributed by atoms with E-state index in [0.717, 1.165) is 10.9 Å². The van der Waals surface area contributed by atoms with E-state index in [-0.39, 0.29) is 0 Å². The summed E-state index contributed by atoms with van der Waals surface area (Å²) >= 11 is 7.80. The van der Waals surface area contributed by atoms with Crippen molar-refractivity contribution in [2.45, 2.75) is 64.7 Å². The van der Waals surface area contributed by atoms with Crippen LogP contribution in [-0.2, 0) is 6.42 Å². The van der Waals surface area contributed by atoms with Gasteiger partial charge in [-0.2, -0.15) is 0 Å². The Kier molecular flexibility index (Phi) is 6.86. The van der Waals surface area contributed by atoms with Crippen molar-refractivity contribution in [3.63, 3.8) is 0 Å². The number of halogens is 1. The summed E-state index contributed by atoms with van der Waals surface area (Å²) < 4.78 is 0.933. The lowest BCUT2D eigenvalue weighted by atomic mass is 9.69. The first-order valence-electron chi connectivity index (χ1n) is 8.19. The molecule has 1 saturated carbocycles. The van der Waals surface area contributed by atoms with E-state index in [0.29, 0.717) is 5.41 Å². The molecule has 0 aromatic carbocycles. The zero-order chi connectivity index (χ0) is 14.3. The molecule has 1 aliphatic carbocycles. The molecule has 3 heteroatoms. The molecule has 0 atom stereocenters. The lowest BCUT2D eigenvalue weighted by molar-refractivity contribution is 0.157. The zero-order valence-corrected chi connectivity index (χ0v) is 14.3. The normalized spacial score (nSPS) is 18.3. The fourth-order valence-electron chi connectivity index (χ4n) is 3.46. The number of rotatable bonds is 8. The first kappa shape index (κ1) is 16.3. The van der Waals surface area contributed by atoms with Gasteiger partial charge in [0.1, 0.15) is 0 Å². The summed E-state index contributed by atoms with van der Waals surface area (Å²) in [5.41, 5.74) is 0.593. The Labute approximate surface area is 133 Å². The fraction of sp³-hybridized carbons (Fsp3) is 0.765. The second-order valence-electron chi connectivity index (χ2n) is 6.27. The molecule has 0 amide bonds. The lowest BCUT2D eigenvalue weighted by Gasteiger charge is -2.38. The minimum absolute atomic E-state index is 0.593. The van der Waals surface area contributed by atoms with Crippen LogP contribution < -0.4 is 5.32 Å². The van der Waals surface area contributed by atoms with Crippen LogP contribution in [0.4, 0.5) is 0 Å². The first-order valence-corrected chi connectivity index (χ1v) is 9.38. The van der Waals surface area contributed by atoms with Gasteiger partial charge < -0.3 is 5.32 Å². The van der Waals surface area contributed by atoms with Crippen molar-refractivity contribution < 1.29 is 0 Å². The predicted molar refractivity (Wildman–Crippen MR) is 90.9 cm³/mol. The molecule has 1 aliphatic rings. The Morgan fingerprint density at radius 1 is 1.15 bits per heavy atom. The van der Waals surface area contributed by atoms with Gasteiger partial charge in [-0.1, -0.05) is 37.8 Å². The van der Waals surface area contributed by atoms with Gasteiger partial charge in [-0.25, -0.2) is 0 Å². The first-order chi connectivity index (χ1) is 9.74. The molecular weight excluding hydrogens is 286 g/mol. The van der Waals surface area contributed by atoms with Gasteiger partial charge in [-0.3, -0.25) is 0 Å². The van der Waals surface area contributed by atoms with Crippen LogP contribution in [0.1, 0.15) is 63.2 Å². The van der Waals surface area contributed by atoms with Crippen molar-refractivity contribution in [2.24, 2.45) is 5.41 Å². The van der Waals surface area contributed by atoms with Crippen molar-refractivity contribution in [3.8, 4) is 0 Å². The largest absolute Gasteiger partial charge is 0.317 e.